The first kappa shape index (κ1) is 13.4. The highest BCUT2D eigenvalue weighted by molar-refractivity contribution is 5.91. The summed E-state index contributed by atoms with van der Waals surface area (Å²) in [6.45, 7) is 2.85. The predicted octanol–water partition coefficient (Wildman–Crippen LogP) is 3.33. The van der Waals surface area contributed by atoms with Crippen LogP contribution in [0.25, 0.3) is 11.0 Å². The normalized spacial score (nSPS) is 11.1. The van der Waals surface area contributed by atoms with Crippen molar-refractivity contribution < 1.29 is 14.3 Å². The fourth-order valence-electron chi connectivity index (χ4n) is 2.43. The van der Waals surface area contributed by atoms with Crippen LogP contribution in [0.1, 0.15) is 35.3 Å². The van der Waals surface area contributed by atoms with Crippen LogP contribution < -0.4 is 0 Å². The van der Waals surface area contributed by atoms with Crippen molar-refractivity contribution >= 4 is 16.9 Å². The summed E-state index contributed by atoms with van der Waals surface area (Å²) in [5.74, 6) is -0.0138. The number of benzene rings is 1. The highest BCUT2D eigenvalue weighted by Crippen LogP contribution is 2.21. The van der Waals surface area contributed by atoms with Crippen molar-refractivity contribution in [2.45, 2.75) is 26.3 Å². The zero-order valence-corrected chi connectivity index (χ0v) is 11.7. The summed E-state index contributed by atoms with van der Waals surface area (Å²) in [7, 11) is 0. The van der Waals surface area contributed by atoms with E-state index in [0.29, 0.717) is 5.58 Å². The van der Waals surface area contributed by atoms with Crippen molar-refractivity contribution in [1.29, 1.82) is 0 Å². The van der Waals surface area contributed by atoms with E-state index in [1.807, 2.05) is 30.6 Å². The van der Waals surface area contributed by atoms with Crippen LogP contribution in [0.15, 0.2) is 41.1 Å². The van der Waals surface area contributed by atoms with Crippen LogP contribution in [0.2, 0.25) is 0 Å². The molecule has 1 aromatic carbocycles. The Kier molecular flexibility index (Phi) is 3.48. The highest BCUT2D eigenvalue weighted by atomic mass is 16.4. The lowest BCUT2D eigenvalue weighted by Crippen LogP contribution is -2.04. The van der Waals surface area contributed by atoms with Crippen molar-refractivity contribution in [3.05, 3.63) is 53.8 Å². The minimum absolute atomic E-state index is 0.0311. The molecule has 2 aromatic heterocycles. The fraction of sp³-hybridized carbons (Fsp3) is 0.250. The Morgan fingerprint density at radius 2 is 2.24 bits per heavy atom. The first-order valence-electron chi connectivity index (χ1n) is 6.93. The average molecular weight is 284 g/mol. The molecule has 0 aliphatic heterocycles. The Bertz CT molecular complexity index is 786. The van der Waals surface area contributed by atoms with Gasteiger partial charge in [-0.1, -0.05) is 13.0 Å². The molecule has 0 spiro atoms. The van der Waals surface area contributed by atoms with Gasteiger partial charge in [-0.05, 0) is 30.2 Å². The summed E-state index contributed by atoms with van der Waals surface area (Å²) >= 11 is 0. The quantitative estimate of drug-likeness (QED) is 0.780. The summed E-state index contributed by atoms with van der Waals surface area (Å²) in [6.07, 6.45) is 5.78. The first-order valence-corrected chi connectivity index (χ1v) is 6.93. The predicted molar refractivity (Wildman–Crippen MR) is 78.5 cm³/mol. The highest BCUT2D eigenvalue weighted by Gasteiger charge is 2.11. The summed E-state index contributed by atoms with van der Waals surface area (Å²) in [5, 5.41) is 9.76. The molecule has 0 amide bonds. The van der Waals surface area contributed by atoms with E-state index >= 15 is 0 Å². The van der Waals surface area contributed by atoms with E-state index < -0.39 is 5.97 Å². The molecule has 0 saturated carbocycles. The zero-order valence-electron chi connectivity index (χ0n) is 11.7. The minimum atomic E-state index is -1.05. The number of imidazole rings is 1. The molecule has 5 heteroatoms. The third-order valence-corrected chi connectivity index (χ3v) is 3.42. The van der Waals surface area contributed by atoms with Gasteiger partial charge in [-0.3, -0.25) is 0 Å². The maximum atomic E-state index is 10.9. The van der Waals surface area contributed by atoms with Gasteiger partial charge in [0.05, 0.1) is 0 Å². The smallest absolute Gasteiger partial charge is 0.371 e. The van der Waals surface area contributed by atoms with Crippen LogP contribution in [0.3, 0.4) is 0 Å². The number of carboxylic acid groups (broad SMARTS) is 1. The number of hydrogen-bond donors (Lipinski definition) is 1. The summed E-state index contributed by atoms with van der Waals surface area (Å²) in [4.78, 5) is 15.3. The molecule has 3 rings (SSSR count). The molecule has 0 bridgehead atoms. The van der Waals surface area contributed by atoms with Crippen LogP contribution in [0, 0.1) is 0 Å². The van der Waals surface area contributed by atoms with E-state index in [4.69, 9.17) is 9.52 Å². The van der Waals surface area contributed by atoms with Gasteiger partial charge in [-0.15, -0.1) is 0 Å². The summed E-state index contributed by atoms with van der Waals surface area (Å²) in [6, 6.07) is 7.28. The molecule has 3 aromatic rings. The van der Waals surface area contributed by atoms with Crippen LogP contribution in [0.4, 0.5) is 0 Å². The van der Waals surface area contributed by atoms with E-state index in [9.17, 15) is 4.79 Å². The third-order valence-electron chi connectivity index (χ3n) is 3.42. The van der Waals surface area contributed by atoms with Crippen molar-refractivity contribution in [1.82, 2.24) is 9.55 Å². The molecule has 0 aliphatic carbocycles. The third kappa shape index (κ3) is 2.67. The van der Waals surface area contributed by atoms with Gasteiger partial charge in [0.2, 0.25) is 5.76 Å². The molecule has 108 valence electrons. The maximum absolute atomic E-state index is 10.9. The van der Waals surface area contributed by atoms with Gasteiger partial charge < -0.3 is 14.1 Å². The monoisotopic (exact) mass is 284 g/mol. The Morgan fingerprint density at radius 1 is 1.38 bits per heavy atom. The second-order valence-corrected chi connectivity index (χ2v) is 5.01. The van der Waals surface area contributed by atoms with Crippen molar-refractivity contribution in [2.24, 2.45) is 0 Å². The van der Waals surface area contributed by atoms with Gasteiger partial charge in [0.15, 0.2) is 0 Å². The number of nitrogens with zero attached hydrogens (tertiary/aromatic N) is 2. The number of fused-ring (bicyclic) bond motifs is 1. The molecular weight excluding hydrogens is 268 g/mol. The minimum Gasteiger partial charge on any atom is -0.475 e. The van der Waals surface area contributed by atoms with Crippen molar-refractivity contribution in [3.63, 3.8) is 0 Å². The van der Waals surface area contributed by atoms with Gasteiger partial charge in [0.1, 0.15) is 11.4 Å². The Hall–Kier alpha value is -2.56. The number of aromatic nitrogens is 2. The lowest BCUT2D eigenvalue weighted by Gasteiger charge is -2.07. The molecule has 0 atom stereocenters. The van der Waals surface area contributed by atoms with E-state index in [2.05, 4.69) is 16.5 Å². The molecular formula is C16H16N2O3. The van der Waals surface area contributed by atoms with Crippen molar-refractivity contribution in [2.75, 3.05) is 0 Å². The summed E-state index contributed by atoms with van der Waals surface area (Å²) in [5.41, 5.74) is 1.69. The van der Waals surface area contributed by atoms with Gasteiger partial charge in [0, 0.05) is 30.7 Å². The van der Waals surface area contributed by atoms with E-state index in [1.165, 1.54) is 0 Å². The molecule has 0 aliphatic rings. The fourth-order valence-corrected chi connectivity index (χ4v) is 2.43. The molecule has 5 nitrogen and oxygen atoms in total. The number of aromatic carboxylic acids is 1. The second kappa shape index (κ2) is 5.44. The molecule has 0 radical (unpaired) electrons. The largest absolute Gasteiger partial charge is 0.475 e. The standard InChI is InChI=1S/C16H16N2O3/c1-2-3-15-17-6-7-18(15)10-11-4-5-13-12(8-11)9-14(21-13)16(19)20/h4-9H,2-3,10H2,1H3,(H,19,20). The molecule has 1 N–H and O–H groups in total. The van der Waals surface area contributed by atoms with E-state index in [1.54, 1.807) is 6.07 Å². The summed E-state index contributed by atoms with van der Waals surface area (Å²) < 4.78 is 7.38. The van der Waals surface area contributed by atoms with Gasteiger partial charge in [-0.2, -0.15) is 0 Å². The number of furan rings is 1. The maximum Gasteiger partial charge on any atom is 0.371 e. The average Bonchev–Trinajstić information content (AvgIpc) is 3.06. The molecule has 2 heterocycles. The second-order valence-electron chi connectivity index (χ2n) is 5.01. The number of carboxylic acids is 1. The van der Waals surface area contributed by atoms with Crippen LogP contribution in [-0.4, -0.2) is 20.6 Å². The van der Waals surface area contributed by atoms with Gasteiger partial charge in [0.25, 0.3) is 0 Å². The first-order chi connectivity index (χ1) is 10.2. The zero-order chi connectivity index (χ0) is 14.8. The number of aryl methyl sites for hydroxylation is 1. The topological polar surface area (TPSA) is 68.3 Å². The lowest BCUT2D eigenvalue weighted by atomic mass is 10.1. The number of carbonyl (C=O) groups is 1. The number of hydrogen-bond acceptors (Lipinski definition) is 3. The molecule has 21 heavy (non-hydrogen) atoms. The van der Waals surface area contributed by atoms with E-state index in [-0.39, 0.29) is 5.76 Å². The van der Waals surface area contributed by atoms with Crippen LogP contribution >= 0.6 is 0 Å². The van der Waals surface area contributed by atoms with Gasteiger partial charge >= 0.3 is 5.97 Å². The molecule has 0 saturated heterocycles. The van der Waals surface area contributed by atoms with Crippen LogP contribution in [0.5, 0.6) is 0 Å². The Balaban J connectivity index is 1.90. The SMILES string of the molecule is CCCc1nccn1Cc1ccc2oc(C(=O)O)cc2c1. The van der Waals surface area contributed by atoms with Gasteiger partial charge in [-0.25, -0.2) is 9.78 Å². The molecule has 0 unspecified atom stereocenters. The number of rotatable bonds is 5. The van der Waals surface area contributed by atoms with Crippen LogP contribution in [-0.2, 0) is 13.0 Å². The molecule has 0 fully saturated rings. The Labute approximate surface area is 121 Å². The Morgan fingerprint density at radius 3 is 3.00 bits per heavy atom. The van der Waals surface area contributed by atoms with E-state index in [0.717, 1.165) is 36.2 Å². The van der Waals surface area contributed by atoms with Crippen molar-refractivity contribution in [3.8, 4) is 0 Å². The lowest BCUT2D eigenvalue weighted by molar-refractivity contribution is 0.0665.